The third-order valence-corrected chi connectivity index (χ3v) is 8.41. The van der Waals surface area contributed by atoms with Crippen LogP contribution in [0.1, 0.15) is 35.1 Å². The summed E-state index contributed by atoms with van der Waals surface area (Å²) in [4.78, 5) is 13.1. The van der Waals surface area contributed by atoms with Gasteiger partial charge in [0, 0.05) is 11.8 Å². The minimum atomic E-state index is -3.71. The fraction of sp³-hybridized carbons (Fsp3) is 0.458. The van der Waals surface area contributed by atoms with E-state index in [1.807, 2.05) is 0 Å². The standard InChI is InChI=1S/C24H28N2O9S/c1-31-18-6-12(7-19(32-2)23(18)27)20-13-8-16-17(35-11-34-16)9-14(13)22(15-10-33-24(28)21(15)20)26-36(29,30)5-3-4-25/h6-9,15,20-22,26-27H,3-5,10-11,25H2,1-2H3/t15-,20+,21-,22+/m0/s1. The minimum Gasteiger partial charge on any atom is -0.502 e. The van der Waals surface area contributed by atoms with Gasteiger partial charge >= 0.3 is 5.97 Å². The summed E-state index contributed by atoms with van der Waals surface area (Å²) in [6, 6.07) is 6.09. The van der Waals surface area contributed by atoms with E-state index in [-0.39, 0.29) is 42.9 Å². The maximum Gasteiger partial charge on any atom is 0.310 e. The van der Waals surface area contributed by atoms with Crippen molar-refractivity contribution in [2.45, 2.75) is 18.4 Å². The van der Waals surface area contributed by atoms with Crippen molar-refractivity contribution in [1.82, 2.24) is 4.72 Å². The first-order chi connectivity index (χ1) is 17.3. The SMILES string of the molecule is COc1cc([C@@H]2c3cc4c(cc3[C@@H](NS(=O)(=O)CCCN)[C@H]3COC(=O)[C@H]23)OCO4)cc(OC)c1O. The summed E-state index contributed by atoms with van der Waals surface area (Å²) in [5, 5.41) is 10.4. The molecule has 0 spiro atoms. The Hall–Kier alpha value is -3.22. The van der Waals surface area contributed by atoms with E-state index >= 15 is 0 Å². The first kappa shape index (κ1) is 24.5. The van der Waals surface area contributed by atoms with Gasteiger partial charge in [-0.1, -0.05) is 0 Å². The minimum absolute atomic E-state index is 0.0333. The van der Waals surface area contributed by atoms with Crippen molar-refractivity contribution in [2.24, 2.45) is 17.6 Å². The van der Waals surface area contributed by atoms with Crippen LogP contribution in [0.3, 0.4) is 0 Å². The number of aromatic hydroxyl groups is 1. The summed E-state index contributed by atoms with van der Waals surface area (Å²) in [5.41, 5.74) is 7.50. The third-order valence-electron chi connectivity index (χ3n) is 6.97. The zero-order valence-corrected chi connectivity index (χ0v) is 20.7. The van der Waals surface area contributed by atoms with Gasteiger partial charge in [-0.25, -0.2) is 13.1 Å². The second-order valence-corrected chi connectivity index (χ2v) is 10.8. The van der Waals surface area contributed by atoms with Crippen LogP contribution >= 0.6 is 0 Å². The lowest BCUT2D eigenvalue weighted by Crippen LogP contribution is -2.43. The summed E-state index contributed by atoms with van der Waals surface area (Å²) in [7, 11) is -0.866. The van der Waals surface area contributed by atoms with Gasteiger partial charge in [-0.05, 0) is 53.9 Å². The molecule has 12 heteroatoms. The molecule has 0 unspecified atom stereocenters. The second kappa shape index (κ2) is 9.34. The molecule has 2 aromatic carbocycles. The lowest BCUT2D eigenvalue weighted by Gasteiger charge is -2.39. The number of nitrogens with two attached hydrogens (primary N) is 1. The number of methoxy groups -OCH3 is 2. The molecule has 3 aliphatic rings. The number of carbonyl (C=O) groups is 1. The number of ether oxygens (including phenoxy) is 5. The molecule has 5 rings (SSSR count). The summed E-state index contributed by atoms with van der Waals surface area (Å²) >= 11 is 0. The van der Waals surface area contributed by atoms with Crippen LogP contribution in [0.15, 0.2) is 24.3 Å². The van der Waals surface area contributed by atoms with E-state index in [9.17, 15) is 18.3 Å². The predicted octanol–water partition coefficient (Wildman–Crippen LogP) is 1.38. The largest absolute Gasteiger partial charge is 0.502 e. The highest BCUT2D eigenvalue weighted by Crippen LogP contribution is 2.55. The van der Waals surface area contributed by atoms with E-state index in [1.54, 1.807) is 24.3 Å². The Morgan fingerprint density at radius 2 is 1.69 bits per heavy atom. The van der Waals surface area contributed by atoms with Crippen molar-refractivity contribution in [3.8, 4) is 28.7 Å². The third kappa shape index (κ3) is 4.08. The molecule has 194 valence electrons. The number of hydrogen-bond donors (Lipinski definition) is 3. The number of hydrogen-bond acceptors (Lipinski definition) is 10. The molecule has 2 heterocycles. The van der Waals surface area contributed by atoms with Gasteiger partial charge in [0.1, 0.15) is 0 Å². The molecule has 1 fully saturated rings. The van der Waals surface area contributed by atoms with Gasteiger partial charge in [0.2, 0.25) is 22.6 Å². The van der Waals surface area contributed by atoms with Crippen LogP contribution in [-0.4, -0.2) is 59.4 Å². The average Bonchev–Trinajstić information content (AvgIpc) is 3.48. The van der Waals surface area contributed by atoms with Crippen molar-refractivity contribution >= 4 is 16.0 Å². The smallest absolute Gasteiger partial charge is 0.310 e. The van der Waals surface area contributed by atoms with Gasteiger partial charge in [-0.15, -0.1) is 0 Å². The number of phenols is 1. The number of phenolic OH excluding ortho intramolecular Hbond substituents is 1. The molecule has 11 nitrogen and oxygen atoms in total. The number of fused-ring (bicyclic) bond motifs is 3. The number of cyclic esters (lactones) is 1. The molecule has 4 atom stereocenters. The molecular formula is C24H28N2O9S. The van der Waals surface area contributed by atoms with Gasteiger partial charge in [0.15, 0.2) is 23.0 Å². The van der Waals surface area contributed by atoms with Crippen molar-refractivity contribution in [3.05, 3.63) is 41.0 Å². The first-order valence-electron chi connectivity index (χ1n) is 11.5. The fourth-order valence-electron chi connectivity index (χ4n) is 5.33. The molecule has 2 aliphatic heterocycles. The molecule has 0 bridgehead atoms. The van der Waals surface area contributed by atoms with Crippen LogP contribution in [0.5, 0.6) is 28.7 Å². The average molecular weight is 521 g/mol. The monoisotopic (exact) mass is 520 g/mol. The second-order valence-electron chi connectivity index (χ2n) is 8.96. The van der Waals surface area contributed by atoms with E-state index in [4.69, 9.17) is 29.4 Å². The van der Waals surface area contributed by atoms with Gasteiger partial charge in [0.05, 0.1) is 38.5 Å². The van der Waals surface area contributed by atoms with Crippen LogP contribution in [0, 0.1) is 11.8 Å². The van der Waals surface area contributed by atoms with Gasteiger partial charge in [-0.2, -0.15) is 0 Å². The van der Waals surface area contributed by atoms with Gasteiger partial charge in [-0.3, -0.25) is 4.79 Å². The van der Waals surface area contributed by atoms with Gasteiger partial charge in [0.25, 0.3) is 0 Å². The van der Waals surface area contributed by atoms with E-state index < -0.39 is 39.8 Å². The van der Waals surface area contributed by atoms with Crippen molar-refractivity contribution in [3.63, 3.8) is 0 Å². The highest BCUT2D eigenvalue weighted by atomic mass is 32.2. The lowest BCUT2D eigenvalue weighted by molar-refractivity contribution is -0.141. The summed E-state index contributed by atoms with van der Waals surface area (Å²) in [6.45, 7) is 0.316. The number of benzene rings is 2. The Balaban J connectivity index is 1.70. The number of carbonyl (C=O) groups excluding carboxylic acids is 1. The Morgan fingerprint density at radius 1 is 1.06 bits per heavy atom. The zero-order valence-electron chi connectivity index (χ0n) is 19.9. The molecule has 0 aromatic heterocycles. The predicted molar refractivity (Wildman–Crippen MR) is 127 cm³/mol. The summed E-state index contributed by atoms with van der Waals surface area (Å²) < 4.78 is 56.0. The van der Waals surface area contributed by atoms with Crippen molar-refractivity contribution in [1.29, 1.82) is 0 Å². The molecule has 0 amide bonds. The first-order valence-corrected chi connectivity index (χ1v) is 13.2. The van der Waals surface area contributed by atoms with Crippen molar-refractivity contribution < 1.29 is 42.0 Å². The Kier molecular flexibility index (Phi) is 6.35. The lowest BCUT2D eigenvalue weighted by atomic mass is 9.65. The van der Waals surface area contributed by atoms with Crippen LogP contribution in [0.2, 0.25) is 0 Å². The van der Waals surface area contributed by atoms with E-state index in [1.165, 1.54) is 14.2 Å². The Morgan fingerprint density at radius 3 is 2.31 bits per heavy atom. The number of rotatable bonds is 8. The highest BCUT2D eigenvalue weighted by molar-refractivity contribution is 7.89. The van der Waals surface area contributed by atoms with Crippen LogP contribution in [-0.2, 0) is 19.6 Å². The number of esters is 1. The highest BCUT2D eigenvalue weighted by Gasteiger charge is 2.53. The fourth-order valence-corrected chi connectivity index (χ4v) is 6.69. The van der Waals surface area contributed by atoms with Gasteiger partial charge < -0.3 is 34.5 Å². The normalized spacial score (nSPS) is 24.1. The molecular weight excluding hydrogens is 492 g/mol. The van der Waals surface area contributed by atoms with Crippen LogP contribution in [0.4, 0.5) is 0 Å². The molecule has 4 N–H and O–H groups in total. The topological polar surface area (TPSA) is 156 Å². The Labute approximate surface area is 208 Å². The molecule has 0 saturated carbocycles. The van der Waals surface area contributed by atoms with E-state index in [2.05, 4.69) is 4.72 Å². The summed E-state index contributed by atoms with van der Waals surface area (Å²) in [6.07, 6.45) is 0.301. The van der Waals surface area contributed by atoms with Crippen LogP contribution in [0.25, 0.3) is 0 Å². The molecule has 2 aromatic rings. The van der Waals surface area contributed by atoms with Crippen LogP contribution < -0.4 is 29.4 Å². The quantitative estimate of drug-likeness (QED) is 0.435. The summed E-state index contributed by atoms with van der Waals surface area (Å²) in [5.74, 6) is -1.16. The zero-order chi connectivity index (χ0) is 25.6. The number of sulfonamides is 1. The Bertz CT molecular complexity index is 1270. The molecule has 1 aliphatic carbocycles. The molecule has 0 radical (unpaired) electrons. The number of nitrogens with one attached hydrogen (secondary N) is 1. The maximum atomic E-state index is 13.1. The van der Waals surface area contributed by atoms with E-state index in [0.717, 1.165) is 0 Å². The van der Waals surface area contributed by atoms with Crippen molar-refractivity contribution in [2.75, 3.05) is 39.9 Å². The van der Waals surface area contributed by atoms with E-state index in [0.29, 0.717) is 34.6 Å². The molecule has 36 heavy (non-hydrogen) atoms. The maximum absolute atomic E-state index is 13.1. The molecule has 1 saturated heterocycles.